The van der Waals surface area contributed by atoms with Crippen LogP contribution < -0.4 is 0 Å². The second kappa shape index (κ2) is 5.05. The van der Waals surface area contributed by atoms with E-state index in [4.69, 9.17) is 0 Å². The van der Waals surface area contributed by atoms with Crippen molar-refractivity contribution in [1.29, 1.82) is 0 Å². The molecule has 1 aromatic carbocycles. The number of amides is 1. The third-order valence-corrected chi connectivity index (χ3v) is 5.81. The average molecular weight is 335 g/mol. The van der Waals surface area contributed by atoms with Gasteiger partial charge >= 0.3 is 0 Å². The first kappa shape index (κ1) is 15.5. The fourth-order valence-corrected chi connectivity index (χ4v) is 3.96. The van der Waals surface area contributed by atoms with Crippen LogP contribution in [0.3, 0.4) is 0 Å². The predicted molar refractivity (Wildman–Crippen MR) is 84.8 cm³/mol. The van der Waals surface area contributed by atoms with Crippen LogP contribution >= 0.6 is 0 Å². The minimum atomic E-state index is -3.96. The minimum absolute atomic E-state index is 0.216. The number of aryl methyl sites for hydroxylation is 1. The fraction of sp³-hybridized carbons (Fsp3) is 0.357. The van der Waals surface area contributed by atoms with Gasteiger partial charge in [0.1, 0.15) is 5.25 Å². The molecule has 0 fully saturated rings. The lowest BCUT2D eigenvalue weighted by Crippen LogP contribution is -2.37. The zero-order chi connectivity index (χ0) is 16.9. The summed E-state index contributed by atoms with van der Waals surface area (Å²) in [6, 6.07) is 7.34. The van der Waals surface area contributed by atoms with Crippen molar-refractivity contribution in [3.05, 3.63) is 24.3 Å². The Labute approximate surface area is 133 Å². The van der Waals surface area contributed by atoms with Crippen LogP contribution in [0, 0.1) is 0 Å². The molecule has 0 spiro atoms. The van der Waals surface area contributed by atoms with Gasteiger partial charge in [0.15, 0.2) is 0 Å². The number of hydrogen-bond donors (Lipinski definition) is 0. The minimum Gasteiger partial charge on any atom is -0.348 e. The van der Waals surface area contributed by atoms with Crippen molar-refractivity contribution in [3.8, 4) is 0 Å². The summed E-state index contributed by atoms with van der Waals surface area (Å²) in [7, 11) is 0.868. The van der Waals surface area contributed by atoms with E-state index < -0.39 is 21.0 Å². The van der Waals surface area contributed by atoms with E-state index in [1.807, 2.05) is 18.2 Å². The van der Waals surface area contributed by atoms with Gasteiger partial charge in [-0.2, -0.15) is 0 Å². The van der Waals surface area contributed by atoms with Gasteiger partial charge in [0, 0.05) is 21.1 Å². The van der Waals surface area contributed by atoms with Crippen LogP contribution in [0.2, 0.25) is 0 Å². The summed E-state index contributed by atoms with van der Waals surface area (Å²) >= 11 is 0. The summed E-state index contributed by atoms with van der Waals surface area (Å²) in [6.45, 7) is 1.36. The van der Waals surface area contributed by atoms with E-state index in [9.17, 15) is 13.2 Å². The lowest BCUT2D eigenvalue weighted by molar-refractivity contribution is -0.127. The van der Waals surface area contributed by atoms with Gasteiger partial charge in [0.05, 0.1) is 11.0 Å². The third-order valence-electron chi connectivity index (χ3n) is 3.91. The molecule has 0 bridgehead atoms. The second-order valence-corrected chi connectivity index (χ2v) is 7.75. The number of aromatic nitrogens is 4. The number of rotatable bonds is 3. The molecule has 0 saturated heterocycles. The van der Waals surface area contributed by atoms with Gasteiger partial charge in [-0.3, -0.25) is 4.79 Å². The SMILES string of the molecule is CC(C(=O)N(C)C)S(=O)(=O)c1nnc2n(C)c3ccccc3n12. The number of carbonyl (C=O) groups is 1. The lowest BCUT2D eigenvalue weighted by atomic mass is 10.3. The fourth-order valence-electron chi connectivity index (χ4n) is 2.57. The third kappa shape index (κ3) is 2.11. The lowest BCUT2D eigenvalue weighted by Gasteiger charge is -2.16. The Morgan fingerprint density at radius 1 is 1.17 bits per heavy atom. The molecule has 0 saturated carbocycles. The Hall–Kier alpha value is -2.42. The van der Waals surface area contributed by atoms with Crippen LogP contribution in [0.4, 0.5) is 0 Å². The van der Waals surface area contributed by atoms with E-state index in [0.29, 0.717) is 11.3 Å². The Kier molecular flexibility index (Phi) is 3.40. The van der Waals surface area contributed by atoms with Crippen molar-refractivity contribution in [3.63, 3.8) is 0 Å². The van der Waals surface area contributed by atoms with Crippen LogP contribution in [0.25, 0.3) is 16.8 Å². The van der Waals surface area contributed by atoms with Crippen LogP contribution in [0.1, 0.15) is 6.92 Å². The van der Waals surface area contributed by atoms with Gasteiger partial charge in [-0.1, -0.05) is 12.1 Å². The summed E-state index contributed by atoms with van der Waals surface area (Å²) < 4.78 is 28.9. The van der Waals surface area contributed by atoms with Crippen molar-refractivity contribution in [2.24, 2.45) is 7.05 Å². The summed E-state index contributed by atoms with van der Waals surface area (Å²) in [4.78, 5) is 13.3. The van der Waals surface area contributed by atoms with E-state index in [-0.39, 0.29) is 5.16 Å². The average Bonchev–Trinajstić information content (AvgIpc) is 3.07. The van der Waals surface area contributed by atoms with Gasteiger partial charge in [-0.25, -0.2) is 12.8 Å². The standard InChI is InChI=1S/C14H17N5O3S/c1-9(12(20)17(2)3)23(21,22)14-16-15-13-18(4)10-7-5-6-8-11(10)19(13)14/h5-9H,1-4H3. The first-order valence-electron chi connectivity index (χ1n) is 7.00. The Morgan fingerprint density at radius 2 is 1.78 bits per heavy atom. The van der Waals surface area contributed by atoms with Crippen LogP contribution in [0.15, 0.2) is 29.4 Å². The van der Waals surface area contributed by atoms with Gasteiger partial charge in [0.25, 0.3) is 5.16 Å². The maximum atomic E-state index is 12.8. The molecule has 2 aromatic heterocycles. The molecule has 0 aliphatic heterocycles. The van der Waals surface area contributed by atoms with E-state index in [0.717, 1.165) is 5.52 Å². The predicted octanol–water partition coefficient (Wildman–Crippen LogP) is 0.471. The molecule has 1 unspecified atom stereocenters. The largest absolute Gasteiger partial charge is 0.348 e. The van der Waals surface area contributed by atoms with Gasteiger partial charge in [-0.15, -0.1) is 10.2 Å². The quantitative estimate of drug-likeness (QED) is 0.694. The molecule has 0 radical (unpaired) electrons. The number of sulfone groups is 1. The molecule has 9 heteroatoms. The summed E-state index contributed by atoms with van der Waals surface area (Å²) in [5.41, 5.74) is 1.51. The summed E-state index contributed by atoms with van der Waals surface area (Å²) in [5.74, 6) is -0.0868. The number of para-hydroxylation sites is 2. The van der Waals surface area contributed by atoms with Crippen molar-refractivity contribution < 1.29 is 13.2 Å². The number of benzene rings is 1. The highest BCUT2D eigenvalue weighted by Crippen LogP contribution is 2.24. The highest BCUT2D eigenvalue weighted by atomic mass is 32.2. The van der Waals surface area contributed by atoms with Crippen LogP contribution in [-0.2, 0) is 21.7 Å². The van der Waals surface area contributed by atoms with E-state index in [2.05, 4.69) is 10.2 Å². The Bertz CT molecular complexity index is 1020. The molecule has 8 nitrogen and oxygen atoms in total. The second-order valence-electron chi connectivity index (χ2n) is 5.59. The van der Waals surface area contributed by atoms with Crippen molar-refractivity contribution in [1.82, 2.24) is 24.1 Å². The van der Waals surface area contributed by atoms with Gasteiger partial charge < -0.3 is 9.47 Å². The number of nitrogens with zero attached hydrogens (tertiary/aromatic N) is 5. The van der Waals surface area contributed by atoms with Crippen molar-refractivity contribution in [2.45, 2.75) is 17.3 Å². The summed E-state index contributed by atoms with van der Waals surface area (Å²) in [5, 5.41) is 6.37. The van der Waals surface area contributed by atoms with Crippen LogP contribution in [0.5, 0.6) is 0 Å². The molecule has 0 aliphatic carbocycles. The number of carbonyl (C=O) groups excluding carboxylic acids is 1. The monoisotopic (exact) mass is 335 g/mol. The normalized spacial score (nSPS) is 13.6. The maximum absolute atomic E-state index is 12.8. The molecule has 0 aliphatic rings. The molecule has 3 rings (SSSR count). The highest BCUT2D eigenvalue weighted by molar-refractivity contribution is 7.92. The molecule has 0 N–H and O–H groups in total. The molecule has 3 aromatic rings. The number of hydrogen-bond acceptors (Lipinski definition) is 5. The van der Waals surface area contributed by atoms with E-state index in [1.165, 1.54) is 30.3 Å². The molecule has 2 heterocycles. The first-order chi connectivity index (χ1) is 10.8. The molecule has 1 atom stereocenters. The zero-order valence-corrected chi connectivity index (χ0v) is 14.1. The van der Waals surface area contributed by atoms with Gasteiger partial charge in [-0.05, 0) is 19.1 Å². The van der Waals surface area contributed by atoms with Gasteiger partial charge in [0.2, 0.25) is 21.5 Å². The number of imidazole rings is 1. The maximum Gasteiger partial charge on any atom is 0.256 e. The van der Waals surface area contributed by atoms with Crippen LogP contribution in [-0.4, -0.2) is 57.7 Å². The molecule has 23 heavy (non-hydrogen) atoms. The molecule has 1 amide bonds. The topological polar surface area (TPSA) is 89.6 Å². The van der Waals surface area contributed by atoms with E-state index in [1.54, 1.807) is 17.7 Å². The first-order valence-corrected chi connectivity index (χ1v) is 8.55. The van der Waals surface area contributed by atoms with Crippen molar-refractivity contribution >= 4 is 32.6 Å². The molecule has 122 valence electrons. The Morgan fingerprint density at radius 3 is 2.39 bits per heavy atom. The highest BCUT2D eigenvalue weighted by Gasteiger charge is 2.35. The zero-order valence-electron chi connectivity index (χ0n) is 13.3. The molecular weight excluding hydrogens is 318 g/mol. The molecular formula is C14H17N5O3S. The Balaban J connectivity index is 2.29. The van der Waals surface area contributed by atoms with Crippen molar-refractivity contribution in [2.75, 3.05) is 14.1 Å². The van der Waals surface area contributed by atoms with E-state index >= 15 is 0 Å². The number of fused-ring (bicyclic) bond motifs is 3. The smallest absolute Gasteiger partial charge is 0.256 e. The summed E-state index contributed by atoms with van der Waals surface area (Å²) in [6.07, 6.45) is 0.